The number of nitrogens with zero attached hydrogens (tertiary/aromatic N) is 1. The summed E-state index contributed by atoms with van der Waals surface area (Å²) in [6.45, 7) is 17.8. The SMILES string of the molecule is CC(C)CCC[C@@H](C)[C@H]1CCC2C3CC=C4CC(OC(=O)[C@H](C)NC(=O)CCN(CCCN)CCCN)CC[C@]4(C)C3CC[C@@]21C.O=C(O)C(F)(F)F. The molecule has 0 aromatic carbocycles. The number of nitrogens with two attached hydrogens (primary N) is 2. The van der Waals surface area contributed by atoms with Gasteiger partial charge in [0, 0.05) is 19.4 Å². The summed E-state index contributed by atoms with van der Waals surface area (Å²) in [6.07, 6.45) is 13.3. The molecule has 0 spiro atoms. The Morgan fingerprint density at radius 2 is 1.58 bits per heavy atom. The van der Waals surface area contributed by atoms with Gasteiger partial charge in [0.25, 0.3) is 0 Å². The number of hydrogen-bond acceptors (Lipinski definition) is 7. The number of amides is 1. The Hall–Kier alpha value is -2.18. The van der Waals surface area contributed by atoms with Crippen LogP contribution in [0.15, 0.2) is 11.6 Å². The van der Waals surface area contributed by atoms with Gasteiger partial charge in [0.1, 0.15) is 12.1 Å². The van der Waals surface area contributed by atoms with Gasteiger partial charge in [-0.3, -0.25) is 4.79 Å². The van der Waals surface area contributed by atoms with Crippen molar-refractivity contribution < 1.29 is 37.4 Å². The van der Waals surface area contributed by atoms with Crippen LogP contribution in [0.4, 0.5) is 13.2 Å². The predicted octanol–water partition coefficient (Wildman–Crippen LogP) is 7.47. The summed E-state index contributed by atoms with van der Waals surface area (Å²) in [7, 11) is 0. The average Bonchev–Trinajstić information content (AvgIpc) is 3.45. The van der Waals surface area contributed by atoms with Crippen LogP contribution in [0.2, 0.25) is 0 Å². The molecule has 1 amide bonds. The summed E-state index contributed by atoms with van der Waals surface area (Å²) in [4.78, 5) is 36.9. The van der Waals surface area contributed by atoms with Crippen LogP contribution >= 0.6 is 0 Å². The number of nitrogens with one attached hydrogen (secondary N) is 1. The van der Waals surface area contributed by atoms with Crippen LogP contribution in [0, 0.1) is 46.3 Å². The van der Waals surface area contributed by atoms with E-state index in [4.69, 9.17) is 26.1 Å². The van der Waals surface area contributed by atoms with Crippen LogP contribution in [-0.4, -0.2) is 78.9 Å². The summed E-state index contributed by atoms with van der Waals surface area (Å²) in [6, 6.07) is -0.647. The Morgan fingerprint density at radius 3 is 2.17 bits per heavy atom. The number of hydrogen-bond donors (Lipinski definition) is 4. The molecule has 0 heterocycles. The lowest BCUT2D eigenvalue weighted by Gasteiger charge is -2.58. The normalized spacial score (nSPS) is 30.6. The van der Waals surface area contributed by atoms with E-state index in [0.29, 0.717) is 31.5 Å². The highest BCUT2D eigenvalue weighted by atomic mass is 19.4. The number of allylic oxidation sites excluding steroid dienone is 1. The van der Waals surface area contributed by atoms with Gasteiger partial charge in [-0.05, 0) is 137 Å². The van der Waals surface area contributed by atoms with Crippen molar-refractivity contribution in [3.63, 3.8) is 0 Å². The monoisotopic (exact) mass is 757 g/mol. The predicted molar refractivity (Wildman–Crippen MR) is 203 cm³/mol. The zero-order valence-electron chi connectivity index (χ0n) is 33.4. The quantitative estimate of drug-likeness (QED) is 0.0883. The minimum absolute atomic E-state index is 0.0952. The molecule has 0 aromatic rings. The van der Waals surface area contributed by atoms with Crippen molar-refractivity contribution in [1.29, 1.82) is 0 Å². The van der Waals surface area contributed by atoms with Crippen LogP contribution in [0.1, 0.15) is 131 Å². The number of ether oxygens (including phenoxy) is 1. The van der Waals surface area contributed by atoms with Gasteiger partial charge in [0.2, 0.25) is 5.91 Å². The second-order valence-corrected chi connectivity index (χ2v) is 17.6. The van der Waals surface area contributed by atoms with Crippen molar-refractivity contribution in [2.24, 2.45) is 57.8 Å². The van der Waals surface area contributed by atoms with Crippen LogP contribution in [0.5, 0.6) is 0 Å². The van der Waals surface area contributed by atoms with E-state index in [-0.39, 0.29) is 23.4 Å². The molecular formula is C41H71F3N4O5. The molecule has 9 atom stereocenters. The number of rotatable bonds is 17. The van der Waals surface area contributed by atoms with Crippen molar-refractivity contribution in [1.82, 2.24) is 10.2 Å². The highest BCUT2D eigenvalue weighted by Crippen LogP contribution is 2.67. The lowest BCUT2D eigenvalue weighted by atomic mass is 9.47. The number of esters is 1. The molecule has 4 unspecified atom stereocenters. The lowest BCUT2D eigenvalue weighted by Crippen LogP contribution is -2.51. The first-order valence-electron chi connectivity index (χ1n) is 20.5. The van der Waals surface area contributed by atoms with Gasteiger partial charge >= 0.3 is 18.1 Å². The first kappa shape index (κ1) is 45.2. The van der Waals surface area contributed by atoms with Gasteiger partial charge in [0.05, 0.1) is 0 Å². The summed E-state index contributed by atoms with van der Waals surface area (Å²) in [5.41, 5.74) is 13.6. The fraction of sp³-hybridized carbons (Fsp3) is 0.878. The second kappa shape index (κ2) is 20.1. The maximum atomic E-state index is 13.1. The molecule has 0 bridgehead atoms. The van der Waals surface area contributed by atoms with E-state index in [9.17, 15) is 22.8 Å². The first-order chi connectivity index (χ1) is 24.9. The fourth-order valence-corrected chi connectivity index (χ4v) is 10.6. The van der Waals surface area contributed by atoms with Gasteiger partial charge in [-0.2, -0.15) is 13.2 Å². The minimum Gasteiger partial charge on any atom is -0.475 e. The van der Waals surface area contributed by atoms with Gasteiger partial charge in [-0.15, -0.1) is 0 Å². The molecule has 0 radical (unpaired) electrons. The van der Waals surface area contributed by atoms with Gasteiger partial charge in [-0.25, -0.2) is 9.59 Å². The maximum absolute atomic E-state index is 13.1. The highest BCUT2D eigenvalue weighted by molar-refractivity contribution is 5.84. The van der Waals surface area contributed by atoms with Crippen LogP contribution in [0.25, 0.3) is 0 Å². The van der Waals surface area contributed by atoms with Gasteiger partial charge < -0.3 is 31.5 Å². The number of carbonyl (C=O) groups is 3. The maximum Gasteiger partial charge on any atom is 0.490 e. The molecule has 4 aliphatic rings. The van der Waals surface area contributed by atoms with E-state index in [2.05, 4.69) is 50.9 Å². The third kappa shape index (κ3) is 12.2. The van der Waals surface area contributed by atoms with Crippen molar-refractivity contribution in [2.75, 3.05) is 32.7 Å². The molecule has 3 fully saturated rings. The molecule has 0 aromatic heterocycles. The van der Waals surface area contributed by atoms with E-state index in [0.717, 1.165) is 80.7 Å². The lowest BCUT2D eigenvalue weighted by molar-refractivity contribution is -0.192. The molecule has 4 aliphatic carbocycles. The molecule has 53 heavy (non-hydrogen) atoms. The number of carboxylic acid groups (broad SMARTS) is 1. The zero-order chi connectivity index (χ0) is 39.6. The summed E-state index contributed by atoms with van der Waals surface area (Å²) in [5.74, 6) is 1.76. The molecule has 6 N–H and O–H groups in total. The van der Waals surface area contributed by atoms with E-state index in [1.807, 2.05) is 0 Å². The average molecular weight is 757 g/mol. The zero-order valence-corrected chi connectivity index (χ0v) is 33.4. The summed E-state index contributed by atoms with van der Waals surface area (Å²) in [5, 5.41) is 10.0. The molecular weight excluding hydrogens is 685 g/mol. The largest absolute Gasteiger partial charge is 0.490 e. The van der Waals surface area contributed by atoms with Crippen LogP contribution < -0.4 is 16.8 Å². The van der Waals surface area contributed by atoms with Crippen molar-refractivity contribution in [3.8, 4) is 0 Å². The summed E-state index contributed by atoms with van der Waals surface area (Å²) >= 11 is 0. The molecule has 0 aliphatic heterocycles. The number of alkyl halides is 3. The van der Waals surface area contributed by atoms with Crippen LogP contribution in [-0.2, 0) is 19.1 Å². The molecule has 3 saturated carbocycles. The number of carbonyl (C=O) groups excluding carboxylic acids is 2. The number of aliphatic carboxylic acids is 1. The van der Waals surface area contributed by atoms with Crippen LogP contribution in [0.3, 0.4) is 0 Å². The van der Waals surface area contributed by atoms with Crippen molar-refractivity contribution in [2.45, 2.75) is 150 Å². The molecule has 4 rings (SSSR count). The molecule has 9 nitrogen and oxygen atoms in total. The fourth-order valence-electron chi connectivity index (χ4n) is 10.6. The topological polar surface area (TPSA) is 148 Å². The van der Waals surface area contributed by atoms with E-state index in [1.165, 1.54) is 56.9 Å². The number of halogens is 3. The first-order valence-corrected chi connectivity index (χ1v) is 20.5. The Kier molecular flexibility index (Phi) is 17.2. The van der Waals surface area contributed by atoms with E-state index < -0.39 is 18.2 Å². The minimum atomic E-state index is -5.08. The third-order valence-corrected chi connectivity index (χ3v) is 13.5. The molecule has 12 heteroatoms. The van der Waals surface area contributed by atoms with Crippen molar-refractivity contribution >= 4 is 17.8 Å². The van der Waals surface area contributed by atoms with Gasteiger partial charge in [0.15, 0.2) is 0 Å². The summed E-state index contributed by atoms with van der Waals surface area (Å²) < 4.78 is 37.8. The second-order valence-electron chi connectivity index (χ2n) is 17.6. The Bertz CT molecular complexity index is 1220. The molecule has 306 valence electrons. The van der Waals surface area contributed by atoms with E-state index >= 15 is 0 Å². The van der Waals surface area contributed by atoms with Crippen molar-refractivity contribution in [3.05, 3.63) is 11.6 Å². The van der Waals surface area contributed by atoms with Gasteiger partial charge in [-0.1, -0.05) is 65.5 Å². The number of fused-ring (bicyclic) bond motifs is 5. The Morgan fingerprint density at radius 1 is 0.943 bits per heavy atom. The Balaban J connectivity index is 0.000000980. The standard InChI is InChI=1S/C39H70N4O3.C2HF3O2/c1-27(2)10-7-11-28(3)33-14-15-34-32-13-12-30-26-31(16-19-38(30,5)35(32)17-20-39(33,34)6)46-37(45)29(4)42-36(44)18-25-43(23-8-21-40)24-9-22-41;3-2(4,5)1(6)7/h12,27-29,31-35H,7-11,13-26,40-41H2,1-6H3,(H,42,44);(H,6,7)/t28-,29+,31?,32?,33-,34?,35?,38+,39-;/m1./s1. The highest BCUT2D eigenvalue weighted by Gasteiger charge is 2.59. The smallest absolute Gasteiger partial charge is 0.475 e. The third-order valence-electron chi connectivity index (χ3n) is 13.5. The Labute approximate surface area is 317 Å². The van der Waals surface area contributed by atoms with E-state index in [1.54, 1.807) is 6.92 Å². The molecule has 0 saturated heterocycles. The number of carboxylic acids is 1.